The van der Waals surface area contributed by atoms with Gasteiger partial charge in [-0.1, -0.05) is 51.8 Å². The van der Waals surface area contributed by atoms with Crippen LogP contribution in [-0.4, -0.2) is 22.7 Å². The van der Waals surface area contributed by atoms with E-state index in [2.05, 4.69) is 35.4 Å². The van der Waals surface area contributed by atoms with Gasteiger partial charge in [0.25, 0.3) is 0 Å². The molecule has 170 valence electrons. The van der Waals surface area contributed by atoms with Gasteiger partial charge < -0.3 is 16.0 Å². The van der Waals surface area contributed by atoms with Crippen LogP contribution in [0.1, 0.15) is 51.6 Å². The van der Waals surface area contributed by atoms with Crippen molar-refractivity contribution in [2.45, 2.75) is 52.9 Å². The largest absolute Gasteiger partial charge is 0.396 e. The number of nitrogens with one attached hydrogen (secondary N) is 1. The summed E-state index contributed by atoms with van der Waals surface area (Å²) < 4.78 is 0. The number of aromatic nitrogens is 2. The number of hydrogen-bond donors (Lipinski definition) is 2. The molecule has 6 heteroatoms. The second-order valence-corrected chi connectivity index (χ2v) is 7.61. The van der Waals surface area contributed by atoms with Gasteiger partial charge in [-0.15, -0.1) is 0 Å². The first-order valence-corrected chi connectivity index (χ1v) is 11.2. The molecule has 2 heterocycles. The number of allylic oxidation sites excluding steroid dienone is 2. The number of rotatable bonds is 13. The minimum absolute atomic E-state index is 0.596. The summed E-state index contributed by atoms with van der Waals surface area (Å²) >= 11 is 0. The van der Waals surface area contributed by atoms with Crippen LogP contribution in [0.15, 0.2) is 72.4 Å². The van der Waals surface area contributed by atoms with Gasteiger partial charge in [-0.05, 0) is 50.6 Å². The van der Waals surface area contributed by atoms with Crippen molar-refractivity contribution in [2.75, 3.05) is 17.2 Å². The van der Waals surface area contributed by atoms with Crippen LogP contribution in [0.4, 0.5) is 11.5 Å². The number of anilines is 2. The summed E-state index contributed by atoms with van der Waals surface area (Å²) in [6.07, 6.45) is 12.9. The molecule has 0 radical (unpaired) electrons. The van der Waals surface area contributed by atoms with E-state index in [1.165, 1.54) is 19.3 Å². The van der Waals surface area contributed by atoms with Gasteiger partial charge in [-0.3, -0.25) is 4.98 Å². The van der Waals surface area contributed by atoms with E-state index in [1.807, 2.05) is 49.2 Å². The highest BCUT2D eigenvalue weighted by Crippen LogP contribution is 2.28. The van der Waals surface area contributed by atoms with Crippen molar-refractivity contribution < 1.29 is 0 Å². The van der Waals surface area contributed by atoms with Crippen LogP contribution < -0.4 is 16.0 Å². The highest BCUT2D eigenvalue weighted by molar-refractivity contribution is 5.71. The number of unbranched alkanes of at least 4 members (excludes halogenated alkanes) is 4. The topological polar surface area (TPSA) is 79.4 Å². The predicted molar refractivity (Wildman–Crippen MR) is 137 cm³/mol. The zero-order valence-corrected chi connectivity index (χ0v) is 19.6. The molecule has 0 aromatic carbocycles. The van der Waals surface area contributed by atoms with E-state index in [9.17, 15) is 0 Å². The molecule has 0 aliphatic carbocycles. The fourth-order valence-corrected chi connectivity index (χ4v) is 3.28. The Balaban J connectivity index is 2.35. The van der Waals surface area contributed by atoms with Crippen molar-refractivity contribution in [3.63, 3.8) is 0 Å². The van der Waals surface area contributed by atoms with Crippen LogP contribution in [0.25, 0.3) is 11.3 Å². The first-order valence-electron chi connectivity index (χ1n) is 11.2. The van der Waals surface area contributed by atoms with E-state index in [1.54, 1.807) is 18.4 Å². The number of pyridine rings is 2. The van der Waals surface area contributed by atoms with E-state index >= 15 is 0 Å². The molecule has 0 bridgehead atoms. The normalized spacial score (nSPS) is 11.5. The zero-order chi connectivity index (χ0) is 23.3. The van der Waals surface area contributed by atoms with Gasteiger partial charge in [0.1, 0.15) is 11.6 Å². The lowest BCUT2D eigenvalue weighted by atomic mass is 10.1. The first-order chi connectivity index (χ1) is 15.5. The average Bonchev–Trinajstić information content (AvgIpc) is 2.78. The van der Waals surface area contributed by atoms with Gasteiger partial charge in [-0.25, -0.2) is 9.98 Å². The van der Waals surface area contributed by atoms with E-state index < -0.39 is 0 Å². The van der Waals surface area contributed by atoms with Gasteiger partial charge in [0.05, 0.1) is 11.4 Å². The molecule has 0 unspecified atom stereocenters. The predicted octanol–water partition coefficient (Wildman–Crippen LogP) is 5.99. The molecule has 0 aliphatic heterocycles. The molecule has 3 N–H and O–H groups in total. The maximum absolute atomic E-state index is 6.38. The monoisotopic (exact) mass is 432 g/mol. The van der Waals surface area contributed by atoms with Gasteiger partial charge in [0.2, 0.25) is 0 Å². The molecule has 0 fully saturated rings. The Morgan fingerprint density at radius 1 is 1.19 bits per heavy atom. The zero-order valence-electron chi connectivity index (χ0n) is 19.6. The maximum atomic E-state index is 6.38. The Hall–Kier alpha value is -3.41. The summed E-state index contributed by atoms with van der Waals surface area (Å²) in [4.78, 5) is 15.7. The lowest BCUT2D eigenvalue weighted by Gasteiger charge is -2.28. The molecule has 0 atom stereocenters. The highest BCUT2D eigenvalue weighted by atomic mass is 15.3. The van der Waals surface area contributed by atoms with Crippen LogP contribution in [0.2, 0.25) is 0 Å². The summed E-state index contributed by atoms with van der Waals surface area (Å²) in [6, 6.07) is 7.81. The highest BCUT2D eigenvalue weighted by Gasteiger charge is 2.17. The standard InChI is InChI=1S/C26H36N6/c1-6-9-10-11-12-18-32(21(5)30-25(13-7-2)28-8-3)26-23(27)16-17-24(31-26)22-15-14-20(4)29-19-22/h7-8,13-17,19,30H,2,5-6,9-12,18,27H2,1,3-4H3/b25-13+,28-8?. The van der Waals surface area contributed by atoms with E-state index in [4.69, 9.17) is 10.7 Å². The Labute approximate surface area is 192 Å². The minimum Gasteiger partial charge on any atom is -0.396 e. The molecule has 0 saturated carbocycles. The van der Waals surface area contributed by atoms with Crippen molar-refractivity contribution in [1.29, 1.82) is 0 Å². The third kappa shape index (κ3) is 7.38. The number of hydrogen-bond acceptors (Lipinski definition) is 6. The quantitative estimate of drug-likeness (QED) is 0.231. The molecule has 0 aliphatic rings. The van der Waals surface area contributed by atoms with Crippen LogP contribution in [0.5, 0.6) is 0 Å². The lowest BCUT2D eigenvalue weighted by Crippen LogP contribution is -2.32. The Bertz CT molecular complexity index is 943. The number of aryl methyl sites for hydroxylation is 1. The number of nitrogen functional groups attached to an aromatic ring is 1. The molecule has 32 heavy (non-hydrogen) atoms. The molecular weight excluding hydrogens is 396 g/mol. The summed E-state index contributed by atoms with van der Waals surface area (Å²) in [6.45, 7) is 14.8. The van der Waals surface area contributed by atoms with Crippen LogP contribution in [0.3, 0.4) is 0 Å². The molecule has 0 saturated heterocycles. The fraction of sp³-hybridized carbons (Fsp3) is 0.346. The fourth-order valence-electron chi connectivity index (χ4n) is 3.28. The smallest absolute Gasteiger partial charge is 0.158 e. The van der Waals surface area contributed by atoms with Crippen molar-refractivity contribution in [3.8, 4) is 11.3 Å². The van der Waals surface area contributed by atoms with Crippen molar-refractivity contribution in [3.05, 3.63) is 73.1 Å². The van der Waals surface area contributed by atoms with Crippen molar-refractivity contribution >= 4 is 17.7 Å². The SMILES string of the molecule is C=C/C=C(\N=CC)NC(=C)N(CCCCCCC)c1nc(-c2ccc(C)nc2)ccc1N. The van der Waals surface area contributed by atoms with E-state index in [-0.39, 0.29) is 0 Å². The molecule has 0 amide bonds. The lowest BCUT2D eigenvalue weighted by molar-refractivity contribution is 0.624. The summed E-state index contributed by atoms with van der Waals surface area (Å²) in [5, 5.41) is 3.28. The second-order valence-electron chi connectivity index (χ2n) is 7.61. The first kappa shape index (κ1) is 24.9. The van der Waals surface area contributed by atoms with Crippen LogP contribution >= 0.6 is 0 Å². The summed E-state index contributed by atoms with van der Waals surface area (Å²) in [5.74, 6) is 1.99. The Morgan fingerprint density at radius 2 is 1.97 bits per heavy atom. The molecule has 0 spiro atoms. The Morgan fingerprint density at radius 3 is 2.62 bits per heavy atom. The van der Waals surface area contributed by atoms with Gasteiger partial charge in [0, 0.05) is 30.2 Å². The molecule has 6 nitrogen and oxygen atoms in total. The van der Waals surface area contributed by atoms with Crippen LogP contribution in [-0.2, 0) is 0 Å². The van der Waals surface area contributed by atoms with Crippen molar-refractivity contribution in [1.82, 2.24) is 15.3 Å². The maximum Gasteiger partial charge on any atom is 0.158 e. The third-order valence-corrected chi connectivity index (χ3v) is 5.00. The minimum atomic E-state index is 0.596. The second kappa shape index (κ2) is 13.1. The van der Waals surface area contributed by atoms with Gasteiger partial charge in [0.15, 0.2) is 5.82 Å². The number of nitrogens with zero attached hydrogens (tertiary/aromatic N) is 4. The van der Waals surface area contributed by atoms with Gasteiger partial charge in [-0.2, -0.15) is 0 Å². The van der Waals surface area contributed by atoms with Crippen LogP contribution in [0, 0.1) is 6.92 Å². The Kier molecular flexibility index (Phi) is 10.2. The molecular formula is C26H36N6. The average molecular weight is 433 g/mol. The summed E-state index contributed by atoms with van der Waals surface area (Å²) in [5.41, 5.74) is 9.71. The number of aliphatic imine (C=N–C) groups is 1. The van der Waals surface area contributed by atoms with Crippen molar-refractivity contribution in [2.24, 2.45) is 4.99 Å². The third-order valence-electron chi connectivity index (χ3n) is 5.00. The molecule has 2 rings (SSSR count). The number of nitrogens with two attached hydrogens (primary N) is 1. The van der Waals surface area contributed by atoms with E-state index in [0.29, 0.717) is 23.1 Å². The van der Waals surface area contributed by atoms with E-state index in [0.717, 1.165) is 36.3 Å². The summed E-state index contributed by atoms with van der Waals surface area (Å²) in [7, 11) is 0. The van der Waals surface area contributed by atoms with Gasteiger partial charge >= 0.3 is 0 Å². The molecule has 2 aromatic rings. The molecule has 2 aromatic heterocycles.